The predicted molar refractivity (Wildman–Crippen MR) is 95.9 cm³/mol. The highest BCUT2D eigenvalue weighted by atomic mass is 35.5. The third-order valence-corrected chi connectivity index (χ3v) is 4.63. The number of benzene rings is 2. The standard InChI is InChI=1S/C18H16Cl2N2O2/c1-11(23)22-17(18-14(19)7-4-8-15(18)20)10-16(21-22)12-5-3-6-13(9-12)24-2/h3-9,17H,10H2,1-2H3. The monoisotopic (exact) mass is 362 g/mol. The largest absolute Gasteiger partial charge is 0.497 e. The Balaban J connectivity index is 2.01. The molecule has 0 bridgehead atoms. The van der Waals surface area contributed by atoms with E-state index in [9.17, 15) is 4.79 Å². The molecule has 6 heteroatoms. The summed E-state index contributed by atoms with van der Waals surface area (Å²) in [4.78, 5) is 12.1. The first kappa shape index (κ1) is 16.8. The second kappa shape index (κ2) is 6.83. The van der Waals surface area contributed by atoms with Gasteiger partial charge in [-0.3, -0.25) is 4.79 Å². The molecule has 1 atom stereocenters. The van der Waals surface area contributed by atoms with Gasteiger partial charge in [-0.25, -0.2) is 5.01 Å². The Morgan fingerprint density at radius 3 is 2.50 bits per heavy atom. The van der Waals surface area contributed by atoms with Crippen molar-refractivity contribution in [3.8, 4) is 5.75 Å². The number of hydrogen-bond donors (Lipinski definition) is 0. The minimum Gasteiger partial charge on any atom is -0.497 e. The molecule has 0 radical (unpaired) electrons. The minimum absolute atomic E-state index is 0.158. The molecule has 124 valence electrons. The number of carbonyl (C=O) groups excluding carboxylic acids is 1. The third kappa shape index (κ3) is 3.12. The zero-order valence-corrected chi connectivity index (χ0v) is 14.8. The highest BCUT2D eigenvalue weighted by molar-refractivity contribution is 6.36. The Morgan fingerprint density at radius 2 is 1.88 bits per heavy atom. The fraction of sp³-hybridized carbons (Fsp3) is 0.222. The van der Waals surface area contributed by atoms with E-state index in [0.717, 1.165) is 22.6 Å². The summed E-state index contributed by atoms with van der Waals surface area (Å²) in [6.45, 7) is 1.48. The molecular formula is C18H16Cl2N2O2. The number of carbonyl (C=O) groups is 1. The van der Waals surface area contributed by atoms with Crippen molar-refractivity contribution in [2.75, 3.05) is 7.11 Å². The number of methoxy groups -OCH3 is 1. The second-order valence-electron chi connectivity index (χ2n) is 5.50. The van der Waals surface area contributed by atoms with Gasteiger partial charge in [-0.05, 0) is 24.3 Å². The summed E-state index contributed by atoms with van der Waals surface area (Å²) >= 11 is 12.7. The molecule has 0 aromatic heterocycles. The molecule has 0 saturated heterocycles. The van der Waals surface area contributed by atoms with E-state index < -0.39 is 0 Å². The Bertz CT molecular complexity index is 800. The average Bonchev–Trinajstić information content (AvgIpc) is 3.00. The molecule has 0 saturated carbocycles. The average molecular weight is 363 g/mol. The Morgan fingerprint density at radius 1 is 1.21 bits per heavy atom. The van der Waals surface area contributed by atoms with Crippen LogP contribution in [0.4, 0.5) is 0 Å². The van der Waals surface area contributed by atoms with E-state index in [1.165, 1.54) is 11.9 Å². The minimum atomic E-state index is -0.315. The second-order valence-corrected chi connectivity index (χ2v) is 6.31. The molecule has 3 rings (SSSR count). The first-order valence-electron chi connectivity index (χ1n) is 7.47. The van der Waals surface area contributed by atoms with Gasteiger partial charge in [-0.15, -0.1) is 0 Å². The molecule has 4 nitrogen and oxygen atoms in total. The van der Waals surface area contributed by atoms with Crippen molar-refractivity contribution < 1.29 is 9.53 Å². The van der Waals surface area contributed by atoms with Crippen molar-refractivity contribution in [1.82, 2.24) is 5.01 Å². The lowest BCUT2D eigenvalue weighted by atomic mass is 9.98. The maximum absolute atomic E-state index is 12.1. The van der Waals surface area contributed by atoms with Gasteiger partial charge in [-0.2, -0.15) is 5.10 Å². The first-order valence-corrected chi connectivity index (χ1v) is 8.22. The van der Waals surface area contributed by atoms with Crippen molar-refractivity contribution in [3.05, 3.63) is 63.6 Å². The number of ether oxygens (including phenoxy) is 1. The van der Waals surface area contributed by atoms with Crippen LogP contribution in [0.25, 0.3) is 0 Å². The lowest BCUT2D eigenvalue weighted by Gasteiger charge is -2.22. The lowest BCUT2D eigenvalue weighted by Crippen LogP contribution is -2.24. The number of hydrazone groups is 1. The number of amides is 1. The smallest absolute Gasteiger partial charge is 0.240 e. The van der Waals surface area contributed by atoms with Crippen molar-refractivity contribution >= 4 is 34.8 Å². The van der Waals surface area contributed by atoms with Crippen LogP contribution in [0, 0.1) is 0 Å². The van der Waals surface area contributed by atoms with E-state index in [1.807, 2.05) is 24.3 Å². The van der Waals surface area contributed by atoms with Crippen LogP contribution >= 0.6 is 23.2 Å². The molecular weight excluding hydrogens is 347 g/mol. The molecule has 0 aliphatic carbocycles. The van der Waals surface area contributed by atoms with Crippen LogP contribution in [0.2, 0.25) is 10.0 Å². The van der Waals surface area contributed by atoms with Crippen molar-refractivity contribution in [3.63, 3.8) is 0 Å². The molecule has 1 heterocycles. The summed E-state index contributed by atoms with van der Waals surface area (Å²) in [5.74, 6) is 0.581. The molecule has 0 spiro atoms. The summed E-state index contributed by atoms with van der Waals surface area (Å²) in [7, 11) is 1.61. The highest BCUT2D eigenvalue weighted by Gasteiger charge is 2.34. The van der Waals surface area contributed by atoms with Crippen molar-refractivity contribution in [2.24, 2.45) is 5.10 Å². The van der Waals surface area contributed by atoms with Crippen molar-refractivity contribution in [1.29, 1.82) is 0 Å². The molecule has 0 N–H and O–H groups in total. The summed E-state index contributed by atoms with van der Waals surface area (Å²) in [5.41, 5.74) is 2.43. The Kier molecular flexibility index (Phi) is 4.78. The van der Waals surface area contributed by atoms with E-state index in [1.54, 1.807) is 25.3 Å². The number of rotatable bonds is 3. The van der Waals surface area contributed by atoms with Crippen LogP contribution in [0.3, 0.4) is 0 Å². The number of hydrogen-bond acceptors (Lipinski definition) is 3. The van der Waals surface area contributed by atoms with E-state index in [-0.39, 0.29) is 11.9 Å². The summed E-state index contributed by atoms with van der Waals surface area (Å²) in [6, 6.07) is 12.6. The highest BCUT2D eigenvalue weighted by Crippen LogP contribution is 2.40. The first-order chi connectivity index (χ1) is 11.5. The molecule has 1 amide bonds. The molecule has 2 aromatic carbocycles. The maximum atomic E-state index is 12.1. The molecule has 2 aromatic rings. The van der Waals surface area contributed by atoms with E-state index in [4.69, 9.17) is 27.9 Å². The van der Waals surface area contributed by atoms with Crippen LogP contribution < -0.4 is 4.74 Å². The molecule has 1 aliphatic rings. The molecule has 1 aliphatic heterocycles. The van der Waals surface area contributed by atoms with Crippen molar-refractivity contribution in [2.45, 2.75) is 19.4 Å². The summed E-state index contributed by atoms with van der Waals surface area (Å²) < 4.78 is 5.26. The van der Waals surface area contributed by atoms with E-state index >= 15 is 0 Å². The molecule has 0 fully saturated rings. The summed E-state index contributed by atoms with van der Waals surface area (Å²) in [5, 5.41) is 7.00. The Labute approximate surface area is 150 Å². The van der Waals surface area contributed by atoms with Crippen LogP contribution in [0.1, 0.15) is 30.5 Å². The van der Waals surface area contributed by atoms with Crippen LogP contribution in [0.15, 0.2) is 47.6 Å². The van der Waals surface area contributed by atoms with Crippen LogP contribution in [-0.4, -0.2) is 23.7 Å². The van der Waals surface area contributed by atoms with Gasteiger partial charge in [0.15, 0.2) is 0 Å². The molecule has 1 unspecified atom stereocenters. The van der Waals surface area contributed by atoms with Gasteiger partial charge in [0.1, 0.15) is 5.75 Å². The van der Waals surface area contributed by atoms with Gasteiger partial charge < -0.3 is 4.74 Å². The zero-order valence-electron chi connectivity index (χ0n) is 13.3. The van der Waals surface area contributed by atoms with Gasteiger partial charge in [0, 0.05) is 34.5 Å². The summed E-state index contributed by atoms with van der Waals surface area (Å²) in [6.07, 6.45) is 0.538. The maximum Gasteiger partial charge on any atom is 0.240 e. The van der Waals surface area contributed by atoms with E-state index in [0.29, 0.717) is 16.5 Å². The topological polar surface area (TPSA) is 41.9 Å². The Hall–Kier alpha value is -2.04. The van der Waals surface area contributed by atoms with Gasteiger partial charge in [-0.1, -0.05) is 41.4 Å². The van der Waals surface area contributed by atoms with Gasteiger partial charge in [0.25, 0.3) is 0 Å². The molecule has 24 heavy (non-hydrogen) atoms. The van der Waals surface area contributed by atoms with Gasteiger partial charge in [0.05, 0.1) is 18.9 Å². The zero-order chi connectivity index (χ0) is 17.3. The number of nitrogens with zero attached hydrogens (tertiary/aromatic N) is 2. The van der Waals surface area contributed by atoms with Gasteiger partial charge >= 0.3 is 0 Å². The van der Waals surface area contributed by atoms with E-state index in [2.05, 4.69) is 5.10 Å². The lowest BCUT2D eigenvalue weighted by molar-refractivity contribution is -0.130. The fourth-order valence-electron chi connectivity index (χ4n) is 2.83. The van der Waals surface area contributed by atoms with Crippen LogP contribution in [0.5, 0.6) is 5.75 Å². The SMILES string of the molecule is COc1cccc(C2=NN(C(C)=O)C(c3c(Cl)cccc3Cl)C2)c1. The fourth-order valence-corrected chi connectivity index (χ4v) is 3.48. The third-order valence-electron chi connectivity index (χ3n) is 3.97. The number of halogens is 2. The quantitative estimate of drug-likeness (QED) is 0.793. The predicted octanol–water partition coefficient (Wildman–Crippen LogP) is 4.70. The van der Waals surface area contributed by atoms with Crippen LogP contribution in [-0.2, 0) is 4.79 Å². The van der Waals surface area contributed by atoms with Gasteiger partial charge in [0.2, 0.25) is 5.91 Å². The normalized spacial score (nSPS) is 16.9.